The van der Waals surface area contributed by atoms with Crippen LogP contribution in [0.2, 0.25) is 0 Å². The largest absolute Gasteiger partial charge is 0.340 e. The minimum atomic E-state index is 0.269. The van der Waals surface area contributed by atoms with Crippen LogP contribution >= 0.6 is 11.3 Å². The summed E-state index contributed by atoms with van der Waals surface area (Å²) in [5.74, 6) is 1.16. The lowest BCUT2D eigenvalue weighted by molar-refractivity contribution is -0.133. The molecular weight excluding hydrogens is 232 g/mol. The van der Waals surface area contributed by atoms with Crippen LogP contribution in [0.15, 0.2) is 11.4 Å². The highest BCUT2D eigenvalue weighted by Crippen LogP contribution is 2.51. The molecule has 0 radical (unpaired) electrons. The Morgan fingerprint density at radius 1 is 1.47 bits per heavy atom. The molecule has 1 amide bonds. The number of aryl methyl sites for hydroxylation is 1. The Kier molecular flexibility index (Phi) is 2.92. The van der Waals surface area contributed by atoms with E-state index in [1.165, 1.54) is 10.4 Å². The number of carbonyl (C=O) groups excluding carboxylic acids is 1. The van der Waals surface area contributed by atoms with Crippen molar-refractivity contribution in [3.63, 3.8) is 0 Å². The number of piperazine rings is 1. The summed E-state index contributed by atoms with van der Waals surface area (Å²) in [5.41, 5.74) is 1.36. The van der Waals surface area contributed by atoms with Gasteiger partial charge in [0.1, 0.15) is 0 Å². The fourth-order valence-electron chi connectivity index (χ4n) is 2.64. The normalized spacial score (nSPS) is 28.2. The summed E-state index contributed by atoms with van der Waals surface area (Å²) >= 11 is 1.80. The van der Waals surface area contributed by atoms with Gasteiger partial charge in [0.2, 0.25) is 5.91 Å². The predicted molar refractivity (Wildman–Crippen MR) is 69.4 cm³/mol. The summed E-state index contributed by atoms with van der Waals surface area (Å²) in [7, 11) is 0. The summed E-state index contributed by atoms with van der Waals surface area (Å²) in [5, 5.41) is 5.42. The molecule has 1 aliphatic heterocycles. The first-order valence-corrected chi connectivity index (χ1v) is 7.19. The Balaban J connectivity index is 1.64. The summed E-state index contributed by atoms with van der Waals surface area (Å²) in [6, 6.07) is 2.16. The average Bonchev–Trinajstić information content (AvgIpc) is 3.05. The van der Waals surface area contributed by atoms with E-state index in [-0.39, 0.29) is 5.92 Å². The van der Waals surface area contributed by atoms with Crippen LogP contribution in [-0.4, -0.2) is 37.0 Å². The van der Waals surface area contributed by atoms with Gasteiger partial charge in [0, 0.05) is 42.9 Å². The SMILES string of the molecule is Cc1ccsc1C1CC1C(=O)N1CCNCC1. The molecule has 2 fully saturated rings. The number of nitrogens with zero attached hydrogens (tertiary/aromatic N) is 1. The molecule has 2 aliphatic rings. The summed E-state index contributed by atoms with van der Waals surface area (Å²) in [6.07, 6.45) is 1.06. The molecule has 1 saturated carbocycles. The third-order valence-electron chi connectivity index (χ3n) is 3.77. The topological polar surface area (TPSA) is 32.3 Å². The van der Waals surface area contributed by atoms with Crippen molar-refractivity contribution in [1.82, 2.24) is 10.2 Å². The van der Waals surface area contributed by atoms with Crippen molar-refractivity contribution < 1.29 is 4.79 Å². The van der Waals surface area contributed by atoms with Gasteiger partial charge in [0.25, 0.3) is 0 Å². The molecule has 2 unspecified atom stereocenters. The number of thiophene rings is 1. The van der Waals surface area contributed by atoms with Crippen molar-refractivity contribution >= 4 is 17.2 Å². The Hall–Kier alpha value is -0.870. The molecule has 4 heteroatoms. The van der Waals surface area contributed by atoms with Crippen LogP contribution < -0.4 is 5.32 Å². The number of hydrogen-bond acceptors (Lipinski definition) is 3. The van der Waals surface area contributed by atoms with E-state index >= 15 is 0 Å². The smallest absolute Gasteiger partial charge is 0.226 e. The molecule has 1 N–H and O–H groups in total. The Bertz CT molecular complexity index is 423. The Morgan fingerprint density at radius 2 is 2.24 bits per heavy atom. The molecule has 1 saturated heterocycles. The zero-order valence-electron chi connectivity index (χ0n) is 10.1. The van der Waals surface area contributed by atoms with Gasteiger partial charge in [-0.25, -0.2) is 0 Å². The second-order valence-corrected chi connectivity index (χ2v) is 5.94. The maximum Gasteiger partial charge on any atom is 0.226 e. The first kappa shape index (κ1) is 11.2. The summed E-state index contributed by atoms with van der Waals surface area (Å²) in [6.45, 7) is 5.80. The van der Waals surface area contributed by atoms with Crippen molar-refractivity contribution in [2.45, 2.75) is 19.3 Å². The zero-order valence-corrected chi connectivity index (χ0v) is 10.9. The lowest BCUT2D eigenvalue weighted by Crippen LogP contribution is -2.47. The van der Waals surface area contributed by atoms with Gasteiger partial charge in [-0.1, -0.05) is 0 Å². The van der Waals surface area contributed by atoms with E-state index in [0.717, 1.165) is 32.6 Å². The molecule has 17 heavy (non-hydrogen) atoms. The molecule has 3 rings (SSSR count). The Morgan fingerprint density at radius 3 is 2.88 bits per heavy atom. The lowest BCUT2D eigenvalue weighted by atomic mass is 10.2. The van der Waals surface area contributed by atoms with E-state index in [9.17, 15) is 4.79 Å². The van der Waals surface area contributed by atoms with Crippen LogP contribution in [0.1, 0.15) is 22.8 Å². The first-order valence-electron chi connectivity index (χ1n) is 6.31. The van der Waals surface area contributed by atoms with Gasteiger partial charge in [-0.05, 0) is 30.4 Å². The molecule has 2 heterocycles. The van der Waals surface area contributed by atoms with Gasteiger partial charge in [0.15, 0.2) is 0 Å². The van der Waals surface area contributed by atoms with Gasteiger partial charge in [0.05, 0.1) is 0 Å². The molecule has 0 spiro atoms. The van der Waals surface area contributed by atoms with Crippen LogP contribution in [0.4, 0.5) is 0 Å². The third-order valence-corrected chi connectivity index (χ3v) is 4.93. The fourth-order valence-corrected chi connectivity index (χ4v) is 3.75. The highest BCUT2D eigenvalue weighted by molar-refractivity contribution is 7.10. The summed E-state index contributed by atoms with van der Waals surface area (Å²) < 4.78 is 0. The van der Waals surface area contributed by atoms with Crippen molar-refractivity contribution in [3.05, 3.63) is 21.9 Å². The molecular formula is C13H18N2OS. The molecule has 2 atom stereocenters. The number of rotatable bonds is 2. The highest BCUT2D eigenvalue weighted by Gasteiger charge is 2.46. The predicted octanol–water partition coefficient (Wildman–Crippen LogP) is 1.59. The number of carbonyl (C=O) groups is 1. The van der Waals surface area contributed by atoms with E-state index < -0.39 is 0 Å². The minimum Gasteiger partial charge on any atom is -0.340 e. The third kappa shape index (κ3) is 2.11. The maximum atomic E-state index is 12.3. The van der Waals surface area contributed by atoms with Crippen molar-refractivity contribution in [2.75, 3.05) is 26.2 Å². The van der Waals surface area contributed by atoms with Gasteiger partial charge < -0.3 is 10.2 Å². The highest BCUT2D eigenvalue weighted by atomic mass is 32.1. The summed E-state index contributed by atoms with van der Waals surface area (Å²) in [4.78, 5) is 15.7. The quantitative estimate of drug-likeness (QED) is 0.864. The Labute approximate surface area is 106 Å². The van der Waals surface area contributed by atoms with Crippen LogP contribution in [-0.2, 0) is 4.79 Å². The van der Waals surface area contributed by atoms with Gasteiger partial charge in [-0.2, -0.15) is 0 Å². The van der Waals surface area contributed by atoms with Crippen molar-refractivity contribution in [1.29, 1.82) is 0 Å². The zero-order chi connectivity index (χ0) is 11.8. The number of nitrogens with one attached hydrogen (secondary N) is 1. The van der Waals surface area contributed by atoms with Crippen LogP contribution in [0, 0.1) is 12.8 Å². The van der Waals surface area contributed by atoms with Gasteiger partial charge in [-0.15, -0.1) is 11.3 Å². The number of amides is 1. The monoisotopic (exact) mass is 250 g/mol. The molecule has 3 nitrogen and oxygen atoms in total. The fraction of sp³-hybridized carbons (Fsp3) is 0.615. The molecule has 92 valence electrons. The van der Waals surface area contributed by atoms with Gasteiger partial charge >= 0.3 is 0 Å². The molecule has 0 aromatic carbocycles. The maximum absolute atomic E-state index is 12.3. The van der Waals surface area contributed by atoms with Crippen LogP contribution in [0.3, 0.4) is 0 Å². The first-order chi connectivity index (χ1) is 8.27. The van der Waals surface area contributed by atoms with E-state index in [1.54, 1.807) is 11.3 Å². The number of hydrogen-bond donors (Lipinski definition) is 1. The molecule has 1 aromatic rings. The molecule has 1 aromatic heterocycles. The van der Waals surface area contributed by atoms with Crippen molar-refractivity contribution in [3.8, 4) is 0 Å². The minimum absolute atomic E-state index is 0.269. The van der Waals surface area contributed by atoms with Crippen LogP contribution in [0.25, 0.3) is 0 Å². The van der Waals surface area contributed by atoms with Crippen molar-refractivity contribution in [2.24, 2.45) is 5.92 Å². The lowest BCUT2D eigenvalue weighted by Gasteiger charge is -2.27. The second-order valence-electron chi connectivity index (χ2n) is 4.99. The van der Waals surface area contributed by atoms with E-state index in [0.29, 0.717) is 11.8 Å². The van der Waals surface area contributed by atoms with E-state index in [4.69, 9.17) is 0 Å². The molecule has 0 bridgehead atoms. The second kappa shape index (κ2) is 4.42. The standard InChI is InChI=1S/C13H18N2OS/c1-9-2-7-17-12(9)10-8-11(10)13(16)15-5-3-14-4-6-15/h2,7,10-11,14H,3-6,8H2,1H3. The van der Waals surface area contributed by atoms with Crippen LogP contribution in [0.5, 0.6) is 0 Å². The van der Waals surface area contributed by atoms with Gasteiger partial charge in [-0.3, -0.25) is 4.79 Å². The van der Waals surface area contributed by atoms with E-state index in [2.05, 4.69) is 23.7 Å². The molecule has 1 aliphatic carbocycles. The van der Waals surface area contributed by atoms with E-state index in [1.807, 2.05) is 4.90 Å². The average molecular weight is 250 g/mol.